The molecular weight excluding hydrogens is 186 g/mol. The summed E-state index contributed by atoms with van der Waals surface area (Å²) in [6, 6.07) is -0.489. The second-order valence-corrected chi connectivity index (χ2v) is 3.45. The maximum absolute atomic E-state index is 11.3. The van der Waals surface area contributed by atoms with Gasteiger partial charge in [-0.05, 0) is 5.92 Å². The molecule has 1 atom stereocenters. The highest BCUT2D eigenvalue weighted by Gasteiger charge is 2.37. The van der Waals surface area contributed by atoms with Crippen LogP contribution in [0.5, 0.6) is 0 Å². The Balaban J connectivity index is 3.02. The minimum Gasteiger partial charge on any atom is -0.509 e. The average Bonchev–Trinajstić information content (AvgIpc) is 2.41. The highest BCUT2D eigenvalue weighted by atomic mass is 16.5. The summed E-state index contributed by atoms with van der Waals surface area (Å²) in [7, 11) is 1.17. The summed E-state index contributed by atoms with van der Waals surface area (Å²) in [5.74, 6) is -1.57. The minimum atomic E-state index is -0.803. The van der Waals surface area contributed by atoms with Crippen LogP contribution in [0.2, 0.25) is 0 Å². The number of ether oxygens (including phenoxy) is 1. The van der Waals surface area contributed by atoms with E-state index in [2.05, 4.69) is 10.1 Å². The van der Waals surface area contributed by atoms with E-state index >= 15 is 0 Å². The van der Waals surface area contributed by atoms with E-state index in [-0.39, 0.29) is 17.3 Å². The molecule has 0 aliphatic carbocycles. The second-order valence-electron chi connectivity index (χ2n) is 3.45. The molecular formula is C9H13NO4. The van der Waals surface area contributed by atoms with Crippen molar-refractivity contribution in [3.8, 4) is 0 Å². The first-order valence-corrected chi connectivity index (χ1v) is 4.31. The predicted molar refractivity (Wildman–Crippen MR) is 48.4 cm³/mol. The van der Waals surface area contributed by atoms with Crippen molar-refractivity contribution in [2.75, 3.05) is 7.11 Å². The Morgan fingerprint density at radius 2 is 2.14 bits per heavy atom. The third-order valence-electron chi connectivity index (χ3n) is 2.12. The number of aliphatic hydroxyl groups is 1. The van der Waals surface area contributed by atoms with Gasteiger partial charge in [0.15, 0.2) is 5.57 Å². The van der Waals surface area contributed by atoms with Crippen LogP contribution in [0.1, 0.15) is 13.8 Å². The molecule has 0 aromatic heterocycles. The number of carbonyl (C=O) groups is 2. The first-order chi connectivity index (χ1) is 6.49. The van der Waals surface area contributed by atoms with Crippen molar-refractivity contribution in [3.05, 3.63) is 11.3 Å². The van der Waals surface area contributed by atoms with E-state index in [0.717, 1.165) is 0 Å². The summed E-state index contributed by atoms with van der Waals surface area (Å²) in [4.78, 5) is 22.4. The van der Waals surface area contributed by atoms with E-state index in [4.69, 9.17) is 0 Å². The van der Waals surface area contributed by atoms with Crippen LogP contribution in [0.15, 0.2) is 11.3 Å². The van der Waals surface area contributed by atoms with E-state index in [0.29, 0.717) is 0 Å². The highest BCUT2D eigenvalue weighted by molar-refractivity contribution is 6.18. The SMILES string of the molecule is COC(=O)C1=C(O)[C@@H](C(C)C)NC1=O. The van der Waals surface area contributed by atoms with Crippen LogP contribution in [-0.2, 0) is 14.3 Å². The maximum Gasteiger partial charge on any atom is 0.347 e. The van der Waals surface area contributed by atoms with Crippen LogP contribution in [-0.4, -0.2) is 30.1 Å². The summed E-state index contributed by atoms with van der Waals surface area (Å²) in [6.07, 6.45) is 0. The summed E-state index contributed by atoms with van der Waals surface area (Å²) < 4.78 is 4.39. The molecule has 0 bridgehead atoms. The molecule has 1 rings (SSSR count). The molecule has 0 fully saturated rings. The summed E-state index contributed by atoms with van der Waals surface area (Å²) in [5, 5.41) is 12.1. The van der Waals surface area contributed by atoms with Crippen LogP contribution >= 0.6 is 0 Å². The molecule has 0 unspecified atom stereocenters. The van der Waals surface area contributed by atoms with E-state index in [9.17, 15) is 14.7 Å². The fourth-order valence-corrected chi connectivity index (χ4v) is 1.34. The second kappa shape index (κ2) is 3.69. The van der Waals surface area contributed by atoms with Gasteiger partial charge in [-0.25, -0.2) is 4.79 Å². The number of amides is 1. The molecule has 1 heterocycles. The molecule has 5 nitrogen and oxygen atoms in total. The quantitative estimate of drug-likeness (QED) is 0.489. The van der Waals surface area contributed by atoms with E-state index in [1.165, 1.54) is 7.11 Å². The lowest BCUT2D eigenvalue weighted by Gasteiger charge is -2.14. The molecule has 5 heteroatoms. The van der Waals surface area contributed by atoms with E-state index in [1.54, 1.807) is 0 Å². The van der Waals surface area contributed by atoms with Gasteiger partial charge in [-0.15, -0.1) is 0 Å². The predicted octanol–water partition coefficient (Wildman–Crippen LogP) is 0.126. The van der Waals surface area contributed by atoms with Crippen molar-refractivity contribution in [1.29, 1.82) is 0 Å². The fourth-order valence-electron chi connectivity index (χ4n) is 1.34. The van der Waals surface area contributed by atoms with E-state index < -0.39 is 17.9 Å². The number of nitrogens with one attached hydrogen (secondary N) is 1. The van der Waals surface area contributed by atoms with Crippen molar-refractivity contribution in [2.24, 2.45) is 5.92 Å². The lowest BCUT2D eigenvalue weighted by Crippen LogP contribution is -2.33. The highest BCUT2D eigenvalue weighted by Crippen LogP contribution is 2.21. The Kier molecular flexibility index (Phi) is 2.78. The van der Waals surface area contributed by atoms with E-state index in [1.807, 2.05) is 13.8 Å². The van der Waals surface area contributed by atoms with Crippen LogP contribution in [0.25, 0.3) is 0 Å². The van der Waals surface area contributed by atoms with Crippen molar-refractivity contribution in [2.45, 2.75) is 19.9 Å². The smallest absolute Gasteiger partial charge is 0.347 e. The molecule has 78 valence electrons. The van der Waals surface area contributed by atoms with Crippen LogP contribution in [0.3, 0.4) is 0 Å². The van der Waals surface area contributed by atoms with Gasteiger partial charge in [0.2, 0.25) is 0 Å². The number of hydrogen-bond acceptors (Lipinski definition) is 4. The normalized spacial score (nSPS) is 21.4. The minimum absolute atomic E-state index is 0.0288. The average molecular weight is 199 g/mol. The third-order valence-corrected chi connectivity index (χ3v) is 2.12. The molecule has 14 heavy (non-hydrogen) atoms. The fraction of sp³-hybridized carbons (Fsp3) is 0.556. The van der Waals surface area contributed by atoms with Crippen molar-refractivity contribution in [1.82, 2.24) is 5.32 Å². The lowest BCUT2D eigenvalue weighted by atomic mass is 10.0. The van der Waals surface area contributed by atoms with Gasteiger partial charge in [-0.2, -0.15) is 0 Å². The van der Waals surface area contributed by atoms with Gasteiger partial charge in [0.1, 0.15) is 5.76 Å². The Labute approximate surface area is 81.7 Å². The number of methoxy groups -OCH3 is 1. The summed E-state index contributed by atoms with van der Waals surface area (Å²) >= 11 is 0. The maximum atomic E-state index is 11.3. The molecule has 0 saturated carbocycles. The third kappa shape index (κ3) is 1.57. The molecule has 0 aromatic rings. The number of rotatable bonds is 2. The van der Waals surface area contributed by atoms with Crippen LogP contribution < -0.4 is 5.32 Å². The van der Waals surface area contributed by atoms with Gasteiger partial charge in [-0.1, -0.05) is 13.8 Å². The Hall–Kier alpha value is -1.52. The van der Waals surface area contributed by atoms with Gasteiger partial charge in [-0.3, -0.25) is 4.79 Å². The lowest BCUT2D eigenvalue weighted by molar-refractivity contribution is -0.137. The summed E-state index contributed by atoms with van der Waals surface area (Å²) in [6.45, 7) is 3.67. The molecule has 0 spiro atoms. The topological polar surface area (TPSA) is 75.6 Å². The largest absolute Gasteiger partial charge is 0.509 e. The zero-order valence-corrected chi connectivity index (χ0v) is 8.33. The first kappa shape index (κ1) is 10.6. The monoisotopic (exact) mass is 199 g/mol. The standard InChI is InChI=1S/C9H13NO4/c1-4(2)6-7(11)5(8(12)10-6)9(13)14-3/h4,6,11H,1-3H3,(H,10,12)/t6-/m1/s1. The Morgan fingerprint density at radius 3 is 2.50 bits per heavy atom. The van der Waals surface area contributed by atoms with Crippen LogP contribution in [0.4, 0.5) is 0 Å². The van der Waals surface area contributed by atoms with Gasteiger partial charge >= 0.3 is 5.97 Å². The van der Waals surface area contributed by atoms with Crippen molar-refractivity contribution in [3.63, 3.8) is 0 Å². The number of esters is 1. The Bertz CT molecular complexity index is 306. The van der Waals surface area contributed by atoms with Gasteiger partial charge < -0.3 is 15.2 Å². The molecule has 0 aromatic carbocycles. The zero-order valence-electron chi connectivity index (χ0n) is 8.33. The number of aliphatic hydroxyl groups excluding tert-OH is 1. The molecule has 1 aliphatic rings. The Morgan fingerprint density at radius 1 is 1.57 bits per heavy atom. The summed E-state index contributed by atoms with van der Waals surface area (Å²) in [5.41, 5.74) is -0.286. The van der Waals surface area contributed by atoms with Gasteiger partial charge in [0.05, 0.1) is 13.2 Å². The molecule has 0 saturated heterocycles. The zero-order chi connectivity index (χ0) is 10.9. The molecule has 1 amide bonds. The van der Waals surface area contributed by atoms with Gasteiger partial charge in [0.25, 0.3) is 5.91 Å². The molecule has 1 aliphatic heterocycles. The number of hydrogen-bond donors (Lipinski definition) is 2. The van der Waals surface area contributed by atoms with Gasteiger partial charge in [0, 0.05) is 0 Å². The first-order valence-electron chi connectivity index (χ1n) is 4.31. The molecule has 2 N–H and O–H groups in total. The number of carbonyl (C=O) groups excluding carboxylic acids is 2. The van der Waals surface area contributed by atoms with Crippen LogP contribution in [0, 0.1) is 5.92 Å². The van der Waals surface area contributed by atoms with Crippen molar-refractivity contribution >= 4 is 11.9 Å². The molecule has 0 radical (unpaired) electrons. The van der Waals surface area contributed by atoms with Crippen molar-refractivity contribution < 1.29 is 19.4 Å².